The van der Waals surface area contributed by atoms with Crippen LogP contribution in [0.15, 0.2) is 102 Å². The van der Waals surface area contributed by atoms with Crippen LogP contribution in [0.25, 0.3) is 0 Å². The van der Waals surface area contributed by atoms with Crippen molar-refractivity contribution in [2.45, 2.75) is 69.1 Å². The molecule has 5 atom stereocenters. The van der Waals surface area contributed by atoms with Gasteiger partial charge in [0.15, 0.2) is 5.60 Å². The summed E-state index contributed by atoms with van der Waals surface area (Å²) >= 11 is 3.68. The van der Waals surface area contributed by atoms with E-state index in [4.69, 9.17) is 9.47 Å². The highest BCUT2D eigenvalue weighted by molar-refractivity contribution is 9.10. The first-order valence-corrected chi connectivity index (χ1v) is 22.1. The van der Waals surface area contributed by atoms with Crippen molar-refractivity contribution in [3.05, 3.63) is 118 Å². The molecule has 53 heavy (non-hydrogen) atoms. The molecule has 3 aliphatic heterocycles. The van der Waals surface area contributed by atoms with E-state index in [9.17, 15) is 14.7 Å². The number of amides is 3. The van der Waals surface area contributed by atoms with Crippen LogP contribution >= 0.6 is 15.9 Å². The van der Waals surface area contributed by atoms with E-state index >= 15 is 4.79 Å². The molecule has 2 N–H and O–H groups in total. The smallest absolute Gasteiger partial charge is 0.264 e. The van der Waals surface area contributed by atoms with Gasteiger partial charge in [-0.15, -0.1) is 0 Å². The molecule has 0 unspecified atom stereocenters. The third-order valence-corrected chi connectivity index (χ3v) is 16.5. The molecule has 0 saturated carbocycles. The Kier molecular flexibility index (Phi) is 10.4. The normalized spacial score (nSPS) is 23.8. The number of rotatable bonds is 10. The largest absolute Gasteiger partial charge is 0.497 e. The summed E-state index contributed by atoms with van der Waals surface area (Å²) in [7, 11) is -0.818. The molecule has 9 nitrogen and oxygen atoms in total. The van der Waals surface area contributed by atoms with Crippen molar-refractivity contribution in [3.63, 3.8) is 0 Å². The molecule has 0 aliphatic carbocycles. The second-order valence-corrected chi connectivity index (χ2v) is 20.6. The number of carbonyl (C=O) groups excluding carboxylic acids is 3. The number of ether oxygens (including phenoxy) is 2. The zero-order valence-electron chi connectivity index (χ0n) is 30.6. The minimum atomic E-state index is -2.47. The number of benzene rings is 4. The Morgan fingerprint density at radius 2 is 1.77 bits per heavy atom. The van der Waals surface area contributed by atoms with Gasteiger partial charge in [0.05, 0.1) is 52.6 Å². The number of anilines is 2. The monoisotopic (exact) mass is 795 g/mol. The van der Waals surface area contributed by atoms with Gasteiger partial charge in [-0.05, 0) is 78.5 Å². The van der Waals surface area contributed by atoms with Crippen LogP contribution in [0.2, 0.25) is 18.6 Å². The van der Waals surface area contributed by atoms with Crippen LogP contribution in [0.3, 0.4) is 0 Å². The second-order valence-electron chi connectivity index (χ2n) is 15.0. The van der Waals surface area contributed by atoms with E-state index in [2.05, 4.69) is 53.4 Å². The lowest BCUT2D eigenvalue weighted by molar-refractivity contribution is -0.150. The first-order chi connectivity index (χ1) is 25.5. The molecule has 3 aliphatic rings. The zero-order chi connectivity index (χ0) is 37.5. The minimum Gasteiger partial charge on any atom is -0.497 e. The number of likely N-dealkylation sites (tertiary alicyclic amines) is 1. The van der Waals surface area contributed by atoms with Gasteiger partial charge in [-0.1, -0.05) is 83.6 Å². The molecule has 0 radical (unpaired) electrons. The number of methoxy groups -OCH3 is 1. The maximum absolute atomic E-state index is 15.2. The maximum atomic E-state index is 15.2. The molecule has 7 rings (SSSR count). The number of nitrogens with zero attached hydrogens (tertiary/aromatic N) is 2. The quantitative estimate of drug-likeness (QED) is 0.170. The number of aliphatic hydroxyl groups excluding tert-OH is 1. The number of halogens is 1. The van der Waals surface area contributed by atoms with Crippen molar-refractivity contribution in [1.29, 1.82) is 0 Å². The van der Waals surface area contributed by atoms with E-state index in [0.717, 1.165) is 39.9 Å². The number of aliphatic hydroxyl groups is 1. The van der Waals surface area contributed by atoms with Gasteiger partial charge in [-0.2, -0.15) is 0 Å². The van der Waals surface area contributed by atoms with E-state index in [0.29, 0.717) is 17.8 Å². The van der Waals surface area contributed by atoms with E-state index in [1.54, 1.807) is 29.0 Å². The summed E-state index contributed by atoms with van der Waals surface area (Å²) in [5.41, 5.74) is 2.15. The summed E-state index contributed by atoms with van der Waals surface area (Å²) < 4.78 is 13.5. The minimum absolute atomic E-state index is 0.0496. The summed E-state index contributed by atoms with van der Waals surface area (Å²) in [5.74, 6) is 0.0676. The lowest BCUT2D eigenvalue weighted by Crippen LogP contribution is -2.52. The fourth-order valence-corrected chi connectivity index (χ4v) is 13.4. The molecule has 2 fully saturated rings. The van der Waals surface area contributed by atoms with Crippen LogP contribution in [0.4, 0.5) is 11.4 Å². The predicted molar refractivity (Wildman–Crippen MR) is 212 cm³/mol. The average molecular weight is 797 g/mol. The van der Waals surface area contributed by atoms with Crippen LogP contribution in [-0.4, -0.2) is 68.2 Å². The third-order valence-electron chi connectivity index (χ3n) is 11.6. The van der Waals surface area contributed by atoms with Gasteiger partial charge in [0.1, 0.15) is 5.75 Å². The van der Waals surface area contributed by atoms with Crippen molar-refractivity contribution in [1.82, 2.24) is 4.90 Å². The molecule has 276 valence electrons. The van der Waals surface area contributed by atoms with Gasteiger partial charge in [-0.25, -0.2) is 0 Å². The van der Waals surface area contributed by atoms with Gasteiger partial charge in [-0.3, -0.25) is 14.4 Å². The summed E-state index contributed by atoms with van der Waals surface area (Å²) in [4.78, 5) is 45.8. The molecule has 2 saturated heterocycles. The molecule has 0 aromatic heterocycles. The second kappa shape index (κ2) is 14.9. The van der Waals surface area contributed by atoms with Crippen molar-refractivity contribution >= 4 is 58.3 Å². The summed E-state index contributed by atoms with van der Waals surface area (Å²) in [6.45, 7) is 7.52. The SMILES string of the molecule is COc1ccc([Si](C)(C)[C@@H]2[C@@H](CC(=O)N3CCC[C@H]3CO)O[C@]3(C(=O)N(Cc4cccc(NC(=O)c5ccccc5)c4)c4ccc(Br)cc43)[C@H]2C)cc1. The van der Waals surface area contributed by atoms with Crippen molar-refractivity contribution in [2.75, 3.05) is 30.5 Å². The van der Waals surface area contributed by atoms with Crippen LogP contribution in [0.1, 0.15) is 47.7 Å². The van der Waals surface area contributed by atoms with Crippen molar-refractivity contribution in [3.8, 4) is 5.75 Å². The van der Waals surface area contributed by atoms with Gasteiger partial charge < -0.3 is 29.7 Å². The van der Waals surface area contributed by atoms with Crippen LogP contribution in [0, 0.1) is 5.92 Å². The molecule has 4 aromatic carbocycles. The fourth-order valence-electron chi connectivity index (χ4n) is 9.01. The Morgan fingerprint density at radius 1 is 1.02 bits per heavy atom. The third kappa shape index (κ3) is 6.73. The Balaban J connectivity index is 1.25. The molecular weight excluding hydrogens is 750 g/mol. The van der Waals surface area contributed by atoms with E-state index in [1.807, 2.05) is 72.8 Å². The van der Waals surface area contributed by atoms with Crippen molar-refractivity contribution in [2.24, 2.45) is 5.92 Å². The number of carbonyl (C=O) groups is 3. The number of hydrogen-bond donors (Lipinski definition) is 2. The first-order valence-electron chi connectivity index (χ1n) is 18.3. The topological polar surface area (TPSA) is 108 Å². The summed E-state index contributed by atoms with van der Waals surface area (Å²) in [5, 5.41) is 14.2. The fraction of sp³-hybridized carbons (Fsp3) is 0.357. The molecular formula is C42H46BrN3O6Si. The predicted octanol–water partition coefficient (Wildman–Crippen LogP) is 6.85. The van der Waals surface area contributed by atoms with Gasteiger partial charge in [0, 0.05) is 33.7 Å². The maximum Gasteiger partial charge on any atom is 0.264 e. The van der Waals surface area contributed by atoms with Crippen LogP contribution in [-0.2, 0) is 26.5 Å². The Morgan fingerprint density at radius 3 is 2.49 bits per heavy atom. The van der Waals surface area contributed by atoms with Crippen LogP contribution in [0.5, 0.6) is 5.75 Å². The Bertz CT molecular complexity index is 2010. The van der Waals surface area contributed by atoms with Gasteiger partial charge in [0.2, 0.25) is 5.91 Å². The number of nitrogens with one attached hydrogen (secondary N) is 1. The zero-order valence-corrected chi connectivity index (χ0v) is 33.1. The van der Waals surface area contributed by atoms with Crippen LogP contribution < -0.4 is 20.1 Å². The van der Waals surface area contributed by atoms with E-state index in [1.165, 1.54) is 5.19 Å². The van der Waals surface area contributed by atoms with E-state index in [-0.39, 0.29) is 54.8 Å². The molecule has 3 amide bonds. The highest BCUT2D eigenvalue weighted by Gasteiger charge is 2.66. The highest BCUT2D eigenvalue weighted by atomic mass is 79.9. The number of hydrogen-bond acceptors (Lipinski definition) is 6. The molecule has 3 heterocycles. The average Bonchev–Trinajstić information content (AvgIpc) is 3.82. The molecule has 11 heteroatoms. The standard InChI is InChI=1S/C42H46BrN3O6Si/c1-27-39(53(3,4)34-18-16-33(51-2)17-19-34)37(24-38(48)45-21-9-14-32(45)26-47)52-42(27)35-23-30(43)15-20-36(35)46(41(42)50)25-28-10-8-13-31(22-28)44-40(49)29-11-6-5-7-12-29/h5-8,10-13,15-20,22-23,27,32,37,39,47H,9,14,21,24-26H2,1-4H3,(H,44,49)/t27-,32-,37+,39-,42+/m0/s1. The molecule has 0 bridgehead atoms. The summed E-state index contributed by atoms with van der Waals surface area (Å²) in [6.07, 6.45) is 1.22. The molecule has 4 aromatic rings. The van der Waals surface area contributed by atoms with Crippen molar-refractivity contribution < 1.29 is 29.0 Å². The number of fused-ring (bicyclic) bond motifs is 2. The van der Waals surface area contributed by atoms with Gasteiger partial charge in [0.25, 0.3) is 11.8 Å². The van der Waals surface area contributed by atoms with E-state index < -0.39 is 19.8 Å². The highest BCUT2D eigenvalue weighted by Crippen LogP contribution is 2.60. The first kappa shape index (κ1) is 37.0. The van der Waals surface area contributed by atoms with Gasteiger partial charge >= 0.3 is 0 Å². The Hall–Kier alpha value is -4.29. The summed E-state index contributed by atoms with van der Waals surface area (Å²) in [6, 6.07) is 30.5. The lowest BCUT2D eigenvalue weighted by Gasteiger charge is -2.37. The molecule has 1 spiro atoms. The lowest BCUT2D eigenvalue weighted by atomic mass is 9.82. The Labute approximate surface area is 320 Å².